The van der Waals surface area contributed by atoms with Gasteiger partial charge in [0.1, 0.15) is 17.5 Å². The zero-order valence-electron chi connectivity index (χ0n) is 19.6. The van der Waals surface area contributed by atoms with Crippen LogP contribution in [0.1, 0.15) is 40.4 Å². The summed E-state index contributed by atoms with van der Waals surface area (Å²) in [6.07, 6.45) is 1.38. The average Bonchev–Trinajstić information content (AvgIpc) is 3.36. The summed E-state index contributed by atoms with van der Waals surface area (Å²) in [5.74, 6) is -1.13. The van der Waals surface area contributed by atoms with E-state index in [1.54, 1.807) is 54.9 Å². The van der Waals surface area contributed by atoms with Gasteiger partial charge in [0, 0.05) is 11.4 Å². The van der Waals surface area contributed by atoms with Gasteiger partial charge in [-0.05, 0) is 64.1 Å². The number of hydrogen-bond acceptors (Lipinski definition) is 4. The fourth-order valence-corrected chi connectivity index (χ4v) is 4.01. The van der Waals surface area contributed by atoms with Crippen LogP contribution in [0.3, 0.4) is 0 Å². The molecule has 0 saturated heterocycles. The summed E-state index contributed by atoms with van der Waals surface area (Å²) in [6.45, 7) is 7.19. The second kappa shape index (κ2) is 9.71. The second-order valence-electron chi connectivity index (χ2n) is 8.19. The van der Waals surface area contributed by atoms with Crippen molar-refractivity contribution >= 4 is 34.8 Å². The topological polar surface area (TPSA) is 93.8 Å². The van der Waals surface area contributed by atoms with Crippen molar-refractivity contribution in [2.45, 2.75) is 33.7 Å². The Labute approximate surface area is 206 Å². The molecule has 0 saturated carbocycles. The summed E-state index contributed by atoms with van der Waals surface area (Å²) in [5, 5.41) is 14.3. The molecule has 180 valence electrons. The highest BCUT2D eigenvalue weighted by Gasteiger charge is 2.20. The number of amides is 2. The van der Waals surface area contributed by atoms with E-state index in [4.69, 9.17) is 11.6 Å². The van der Waals surface area contributed by atoms with Crippen molar-refractivity contribution in [1.29, 1.82) is 0 Å². The average molecular weight is 495 g/mol. The Kier molecular flexibility index (Phi) is 6.70. The van der Waals surface area contributed by atoms with Crippen LogP contribution < -0.4 is 10.6 Å². The summed E-state index contributed by atoms with van der Waals surface area (Å²) in [7, 11) is 0. The molecule has 0 aliphatic heterocycles. The third kappa shape index (κ3) is 4.95. The maximum Gasteiger partial charge on any atom is 0.259 e. The van der Waals surface area contributed by atoms with Crippen molar-refractivity contribution in [1.82, 2.24) is 19.6 Å². The van der Waals surface area contributed by atoms with Crippen molar-refractivity contribution in [3.8, 4) is 5.69 Å². The normalized spacial score (nSPS) is 11.8. The van der Waals surface area contributed by atoms with Gasteiger partial charge in [-0.25, -0.2) is 9.07 Å². The number of carbonyl (C=O) groups excluding carboxylic acids is 2. The molecule has 0 bridgehead atoms. The monoisotopic (exact) mass is 494 g/mol. The van der Waals surface area contributed by atoms with E-state index in [9.17, 15) is 14.0 Å². The number of anilines is 2. The molecule has 0 spiro atoms. The number of aromatic nitrogens is 4. The first-order valence-corrected chi connectivity index (χ1v) is 11.3. The van der Waals surface area contributed by atoms with Crippen LogP contribution in [-0.2, 0) is 4.79 Å². The highest BCUT2D eigenvalue weighted by Crippen LogP contribution is 2.27. The SMILES string of the molecule is Cc1cc(C)n(C(C)C(=O)Nc2ccc(NC(=O)c3cnn(-c4ccccc4F)c3C)cc2Cl)n1. The molecule has 2 N–H and O–H groups in total. The van der Waals surface area contributed by atoms with Crippen LogP contribution in [0.25, 0.3) is 5.69 Å². The summed E-state index contributed by atoms with van der Waals surface area (Å²) < 4.78 is 17.2. The Morgan fingerprint density at radius 3 is 2.46 bits per heavy atom. The van der Waals surface area contributed by atoms with Crippen molar-refractivity contribution in [2.24, 2.45) is 0 Å². The fraction of sp³-hybridized carbons (Fsp3) is 0.200. The van der Waals surface area contributed by atoms with Gasteiger partial charge in [-0.15, -0.1) is 0 Å². The molecule has 0 radical (unpaired) electrons. The molecular formula is C25H24ClFN6O2. The van der Waals surface area contributed by atoms with Gasteiger partial charge in [-0.3, -0.25) is 14.3 Å². The Hall–Kier alpha value is -3.98. The molecule has 1 unspecified atom stereocenters. The number of nitrogens with one attached hydrogen (secondary N) is 2. The van der Waals surface area contributed by atoms with Gasteiger partial charge in [0.15, 0.2) is 0 Å². The van der Waals surface area contributed by atoms with Gasteiger partial charge in [-0.1, -0.05) is 23.7 Å². The summed E-state index contributed by atoms with van der Waals surface area (Å²) in [6, 6.07) is 12.3. The Morgan fingerprint density at radius 1 is 1.06 bits per heavy atom. The molecule has 4 aromatic rings. The van der Waals surface area contributed by atoms with E-state index in [1.165, 1.54) is 16.9 Å². The van der Waals surface area contributed by atoms with Crippen LogP contribution in [0, 0.1) is 26.6 Å². The van der Waals surface area contributed by atoms with Gasteiger partial charge in [0.25, 0.3) is 5.91 Å². The molecule has 2 amide bonds. The van der Waals surface area contributed by atoms with Gasteiger partial charge in [0.05, 0.1) is 33.9 Å². The number of carbonyl (C=O) groups is 2. The zero-order valence-corrected chi connectivity index (χ0v) is 20.4. The molecule has 2 aromatic carbocycles. The van der Waals surface area contributed by atoms with E-state index in [1.807, 2.05) is 19.9 Å². The molecule has 10 heteroatoms. The van der Waals surface area contributed by atoms with E-state index < -0.39 is 17.8 Å². The molecule has 1 atom stereocenters. The molecule has 0 aliphatic rings. The number of para-hydroxylation sites is 1. The van der Waals surface area contributed by atoms with Crippen LogP contribution in [-0.4, -0.2) is 31.4 Å². The summed E-state index contributed by atoms with van der Waals surface area (Å²) in [4.78, 5) is 25.6. The fourth-order valence-electron chi connectivity index (χ4n) is 3.78. The maximum atomic E-state index is 14.1. The number of nitrogens with zero attached hydrogens (tertiary/aromatic N) is 4. The largest absolute Gasteiger partial charge is 0.323 e. The van der Waals surface area contributed by atoms with Crippen LogP contribution in [0.15, 0.2) is 54.7 Å². The Bertz CT molecular complexity index is 1430. The molecule has 0 fully saturated rings. The van der Waals surface area contributed by atoms with Crippen molar-refractivity contribution in [3.05, 3.63) is 88.2 Å². The van der Waals surface area contributed by atoms with E-state index in [0.29, 0.717) is 22.6 Å². The number of benzene rings is 2. The summed E-state index contributed by atoms with van der Waals surface area (Å²) >= 11 is 6.38. The number of halogens is 2. The molecular weight excluding hydrogens is 471 g/mol. The standard InChI is InChI=1S/C25H24ClFN6O2/c1-14-11-15(2)32(31-14)17(4)24(34)30-22-10-9-18(12-20(22)26)29-25(35)19-13-28-33(16(19)3)23-8-6-5-7-21(23)27/h5-13,17H,1-4H3,(H,29,35)(H,30,34). The minimum atomic E-state index is -0.534. The smallest absolute Gasteiger partial charge is 0.259 e. The van der Waals surface area contributed by atoms with Crippen LogP contribution >= 0.6 is 11.6 Å². The number of rotatable bonds is 6. The Balaban J connectivity index is 1.47. The maximum absolute atomic E-state index is 14.1. The predicted octanol–water partition coefficient (Wildman–Crippen LogP) is 5.24. The van der Waals surface area contributed by atoms with Crippen LogP contribution in [0.5, 0.6) is 0 Å². The van der Waals surface area contributed by atoms with E-state index in [2.05, 4.69) is 20.8 Å². The summed E-state index contributed by atoms with van der Waals surface area (Å²) in [5.41, 5.74) is 3.58. The number of aryl methyl sites for hydroxylation is 2. The first-order valence-electron chi connectivity index (χ1n) is 10.9. The van der Waals surface area contributed by atoms with Gasteiger partial charge in [-0.2, -0.15) is 10.2 Å². The predicted molar refractivity (Wildman–Crippen MR) is 133 cm³/mol. The molecule has 2 heterocycles. The number of hydrogen-bond donors (Lipinski definition) is 2. The zero-order chi connectivity index (χ0) is 25.3. The van der Waals surface area contributed by atoms with Gasteiger partial charge in [0.2, 0.25) is 5.91 Å². The van der Waals surface area contributed by atoms with Crippen molar-refractivity contribution in [3.63, 3.8) is 0 Å². The second-order valence-corrected chi connectivity index (χ2v) is 8.60. The minimum absolute atomic E-state index is 0.252. The highest BCUT2D eigenvalue weighted by atomic mass is 35.5. The third-order valence-corrected chi connectivity index (χ3v) is 5.92. The van der Waals surface area contributed by atoms with E-state index in [0.717, 1.165) is 11.4 Å². The quantitative estimate of drug-likeness (QED) is 0.383. The highest BCUT2D eigenvalue weighted by molar-refractivity contribution is 6.34. The molecule has 8 nitrogen and oxygen atoms in total. The lowest BCUT2D eigenvalue weighted by atomic mass is 10.2. The van der Waals surface area contributed by atoms with Crippen LogP contribution in [0.2, 0.25) is 5.02 Å². The van der Waals surface area contributed by atoms with Gasteiger partial charge >= 0.3 is 0 Å². The third-order valence-electron chi connectivity index (χ3n) is 5.61. The molecule has 2 aromatic heterocycles. The van der Waals surface area contributed by atoms with Crippen molar-refractivity contribution < 1.29 is 14.0 Å². The molecule has 35 heavy (non-hydrogen) atoms. The Morgan fingerprint density at radius 2 is 1.80 bits per heavy atom. The first kappa shape index (κ1) is 24.2. The van der Waals surface area contributed by atoms with E-state index >= 15 is 0 Å². The lowest BCUT2D eigenvalue weighted by Gasteiger charge is -2.16. The van der Waals surface area contributed by atoms with Crippen LogP contribution in [0.4, 0.5) is 15.8 Å². The lowest BCUT2D eigenvalue weighted by Crippen LogP contribution is -2.25. The molecule has 4 rings (SSSR count). The van der Waals surface area contributed by atoms with Crippen molar-refractivity contribution in [2.75, 3.05) is 10.6 Å². The first-order chi connectivity index (χ1) is 16.7. The van der Waals surface area contributed by atoms with Gasteiger partial charge < -0.3 is 10.6 Å². The minimum Gasteiger partial charge on any atom is -0.323 e. The van der Waals surface area contributed by atoms with E-state index in [-0.39, 0.29) is 16.6 Å². The lowest BCUT2D eigenvalue weighted by molar-refractivity contribution is -0.119. The molecule has 0 aliphatic carbocycles.